The highest BCUT2D eigenvalue weighted by Gasteiger charge is 2.34. The van der Waals surface area contributed by atoms with Crippen molar-refractivity contribution in [3.63, 3.8) is 0 Å². The maximum Gasteiger partial charge on any atom is 0.163 e. The molecule has 1 aliphatic heterocycles. The van der Waals surface area contributed by atoms with Gasteiger partial charge in [-0.25, -0.2) is 0 Å². The van der Waals surface area contributed by atoms with Gasteiger partial charge in [0.25, 0.3) is 0 Å². The van der Waals surface area contributed by atoms with E-state index in [4.69, 9.17) is 9.47 Å². The smallest absolute Gasteiger partial charge is 0.163 e. The van der Waals surface area contributed by atoms with Crippen LogP contribution in [-0.2, 0) is 9.47 Å². The fraction of sp³-hybridized carbons (Fsp3) is 1.00. The van der Waals surface area contributed by atoms with E-state index in [1.165, 1.54) is 32.1 Å². The van der Waals surface area contributed by atoms with E-state index in [0.717, 1.165) is 19.2 Å². The average molecular weight is 227 g/mol. The third-order valence-corrected chi connectivity index (χ3v) is 3.76. The van der Waals surface area contributed by atoms with Gasteiger partial charge < -0.3 is 14.4 Å². The molecule has 0 radical (unpaired) electrons. The van der Waals surface area contributed by atoms with Gasteiger partial charge in [0.05, 0.1) is 12.7 Å². The summed E-state index contributed by atoms with van der Waals surface area (Å²) in [5.41, 5.74) is 0. The number of rotatable bonds is 3. The lowest BCUT2D eigenvalue weighted by Gasteiger charge is -2.32. The molecule has 1 saturated heterocycles. The zero-order chi connectivity index (χ0) is 11.6. The Kier molecular flexibility index (Phi) is 3.88. The standard InChI is InChI=1S/C13H25NO2/c1-13(2)15-10-12(16-13)9-14(3)11-7-5-4-6-8-11/h11-12H,4-10H2,1-3H3. The van der Waals surface area contributed by atoms with E-state index >= 15 is 0 Å². The molecule has 0 aromatic carbocycles. The van der Waals surface area contributed by atoms with Crippen LogP contribution in [0.5, 0.6) is 0 Å². The summed E-state index contributed by atoms with van der Waals surface area (Å²) < 4.78 is 11.4. The topological polar surface area (TPSA) is 21.7 Å². The molecule has 2 aliphatic rings. The summed E-state index contributed by atoms with van der Waals surface area (Å²) in [6.07, 6.45) is 7.16. The number of hydrogen-bond donors (Lipinski definition) is 0. The second-order valence-electron chi connectivity index (χ2n) is 5.68. The molecule has 0 spiro atoms. The van der Waals surface area contributed by atoms with Gasteiger partial charge in [-0.2, -0.15) is 0 Å². The van der Waals surface area contributed by atoms with Crippen LogP contribution < -0.4 is 0 Å². The SMILES string of the molecule is CN(CC1COC(C)(C)O1)C1CCCCC1. The molecule has 1 unspecified atom stereocenters. The molecule has 1 aliphatic carbocycles. The molecule has 0 amide bonds. The largest absolute Gasteiger partial charge is 0.348 e. The Labute approximate surface area is 99.1 Å². The quantitative estimate of drug-likeness (QED) is 0.739. The van der Waals surface area contributed by atoms with Gasteiger partial charge in [-0.05, 0) is 33.7 Å². The predicted molar refractivity (Wildman–Crippen MR) is 64.4 cm³/mol. The second kappa shape index (κ2) is 5.03. The summed E-state index contributed by atoms with van der Waals surface area (Å²) in [7, 11) is 2.23. The summed E-state index contributed by atoms with van der Waals surface area (Å²) in [4.78, 5) is 2.47. The van der Waals surface area contributed by atoms with Gasteiger partial charge in [0.2, 0.25) is 0 Å². The normalized spacial score (nSPS) is 31.1. The Morgan fingerprint density at radius 2 is 1.88 bits per heavy atom. The van der Waals surface area contributed by atoms with Gasteiger partial charge in [0, 0.05) is 12.6 Å². The molecular weight excluding hydrogens is 202 g/mol. The van der Waals surface area contributed by atoms with Crippen LogP contribution in [0.2, 0.25) is 0 Å². The molecule has 94 valence electrons. The van der Waals surface area contributed by atoms with Crippen molar-refractivity contribution in [3.8, 4) is 0 Å². The van der Waals surface area contributed by atoms with E-state index in [0.29, 0.717) is 0 Å². The maximum absolute atomic E-state index is 5.85. The van der Waals surface area contributed by atoms with Crippen LogP contribution in [0.4, 0.5) is 0 Å². The summed E-state index contributed by atoms with van der Waals surface area (Å²) in [5.74, 6) is -0.377. The number of ether oxygens (including phenoxy) is 2. The minimum atomic E-state index is -0.377. The first-order valence-electron chi connectivity index (χ1n) is 6.59. The molecular formula is C13H25NO2. The van der Waals surface area contributed by atoms with Gasteiger partial charge in [0.1, 0.15) is 0 Å². The van der Waals surface area contributed by atoms with E-state index < -0.39 is 0 Å². The molecule has 3 heteroatoms. The molecule has 1 atom stereocenters. The molecule has 1 heterocycles. The van der Waals surface area contributed by atoms with Crippen molar-refractivity contribution in [3.05, 3.63) is 0 Å². The number of nitrogens with zero attached hydrogens (tertiary/aromatic N) is 1. The second-order valence-corrected chi connectivity index (χ2v) is 5.68. The third-order valence-electron chi connectivity index (χ3n) is 3.76. The van der Waals surface area contributed by atoms with Crippen LogP contribution in [0.25, 0.3) is 0 Å². The zero-order valence-electron chi connectivity index (χ0n) is 10.9. The highest BCUT2D eigenvalue weighted by molar-refractivity contribution is 4.79. The zero-order valence-corrected chi connectivity index (χ0v) is 10.9. The predicted octanol–water partition coefficient (Wildman–Crippen LogP) is 2.40. The molecule has 2 fully saturated rings. The van der Waals surface area contributed by atoms with Crippen LogP contribution in [0.15, 0.2) is 0 Å². The Balaban J connectivity index is 1.76. The highest BCUT2D eigenvalue weighted by Crippen LogP contribution is 2.25. The van der Waals surface area contributed by atoms with Crippen molar-refractivity contribution in [2.45, 2.75) is 63.9 Å². The number of hydrogen-bond acceptors (Lipinski definition) is 3. The molecule has 0 aromatic heterocycles. The molecule has 16 heavy (non-hydrogen) atoms. The van der Waals surface area contributed by atoms with Crippen molar-refractivity contribution in [2.24, 2.45) is 0 Å². The minimum absolute atomic E-state index is 0.252. The summed E-state index contributed by atoms with van der Waals surface area (Å²) in [6, 6.07) is 0.765. The molecule has 0 aromatic rings. The molecule has 2 rings (SSSR count). The lowest BCUT2D eigenvalue weighted by Crippen LogP contribution is -2.40. The van der Waals surface area contributed by atoms with Crippen LogP contribution in [0.1, 0.15) is 46.0 Å². The number of likely N-dealkylation sites (N-methyl/N-ethyl adjacent to an activating group) is 1. The first-order valence-corrected chi connectivity index (χ1v) is 6.59. The van der Waals surface area contributed by atoms with Crippen LogP contribution in [0, 0.1) is 0 Å². The molecule has 1 saturated carbocycles. The van der Waals surface area contributed by atoms with E-state index in [-0.39, 0.29) is 11.9 Å². The summed E-state index contributed by atoms with van der Waals surface area (Å²) in [6.45, 7) is 5.74. The summed E-state index contributed by atoms with van der Waals surface area (Å²) in [5, 5.41) is 0. The van der Waals surface area contributed by atoms with Crippen LogP contribution >= 0.6 is 0 Å². The highest BCUT2D eigenvalue weighted by atomic mass is 16.7. The van der Waals surface area contributed by atoms with Gasteiger partial charge in [-0.1, -0.05) is 19.3 Å². The summed E-state index contributed by atoms with van der Waals surface area (Å²) >= 11 is 0. The Bertz CT molecular complexity index is 224. The maximum atomic E-state index is 5.85. The van der Waals surface area contributed by atoms with Crippen molar-refractivity contribution >= 4 is 0 Å². The lowest BCUT2D eigenvalue weighted by molar-refractivity contribution is -0.140. The lowest BCUT2D eigenvalue weighted by atomic mass is 9.94. The first kappa shape index (κ1) is 12.3. The van der Waals surface area contributed by atoms with Gasteiger partial charge >= 0.3 is 0 Å². The Hall–Kier alpha value is -0.120. The van der Waals surface area contributed by atoms with Crippen molar-refractivity contribution < 1.29 is 9.47 Å². The fourth-order valence-corrected chi connectivity index (χ4v) is 2.85. The van der Waals surface area contributed by atoms with Gasteiger partial charge in [0.15, 0.2) is 5.79 Å². The third kappa shape index (κ3) is 3.19. The van der Waals surface area contributed by atoms with Crippen molar-refractivity contribution in [1.29, 1.82) is 0 Å². The van der Waals surface area contributed by atoms with E-state index in [9.17, 15) is 0 Å². The molecule has 3 nitrogen and oxygen atoms in total. The first-order chi connectivity index (χ1) is 7.57. The van der Waals surface area contributed by atoms with Gasteiger partial charge in [-0.3, -0.25) is 0 Å². The Morgan fingerprint density at radius 3 is 2.44 bits per heavy atom. The van der Waals surface area contributed by atoms with E-state index in [2.05, 4.69) is 11.9 Å². The molecule has 0 bridgehead atoms. The van der Waals surface area contributed by atoms with Crippen molar-refractivity contribution in [1.82, 2.24) is 4.90 Å². The fourth-order valence-electron chi connectivity index (χ4n) is 2.85. The minimum Gasteiger partial charge on any atom is -0.348 e. The van der Waals surface area contributed by atoms with Crippen molar-refractivity contribution in [2.75, 3.05) is 20.2 Å². The van der Waals surface area contributed by atoms with Crippen LogP contribution in [0.3, 0.4) is 0 Å². The van der Waals surface area contributed by atoms with Crippen LogP contribution in [-0.4, -0.2) is 43.0 Å². The van der Waals surface area contributed by atoms with Gasteiger partial charge in [-0.15, -0.1) is 0 Å². The Morgan fingerprint density at radius 1 is 1.19 bits per heavy atom. The molecule has 0 N–H and O–H groups in total. The average Bonchev–Trinajstić information content (AvgIpc) is 2.59. The van der Waals surface area contributed by atoms with E-state index in [1.807, 2.05) is 13.8 Å². The van der Waals surface area contributed by atoms with E-state index in [1.54, 1.807) is 0 Å². The monoisotopic (exact) mass is 227 g/mol.